The molecule has 1 N–H and O–H groups in total. The summed E-state index contributed by atoms with van der Waals surface area (Å²) in [4.78, 5) is 11.6. The smallest absolute Gasteiger partial charge is 0.335 e. The van der Waals surface area contributed by atoms with Crippen LogP contribution >= 0.6 is 0 Å². The standard InChI is InChI=1S/C19H20N4O2/c1-11(2)18-20-21-22-23(18)17-10-15(19(24)25)9-16(13(17)4)14-7-5-12(3)6-8-14/h5-11H,1-4H3,(H,24,25). The van der Waals surface area contributed by atoms with Crippen molar-refractivity contribution in [3.05, 3.63) is 58.9 Å². The molecule has 1 aromatic heterocycles. The predicted octanol–water partition coefficient (Wildman–Crippen LogP) is 3.77. The van der Waals surface area contributed by atoms with Crippen LogP contribution in [0.2, 0.25) is 0 Å². The molecule has 0 unspecified atom stereocenters. The molecule has 0 radical (unpaired) electrons. The van der Waals surface area contributed by atoms with Crippen molar-refractivity contribution < 1.29 is 9.90 Å². The molecule has 0 aliphatic carbocycles. The Hall–Kier alpha value is -3.02. The number of benzene rings is 2. The third-order valence-electron chi connectivity index (χ3n) is 4.23. The van der Waals surface area contributed by atoms with Gasteiger partial charge in [-0.1, -0.05) is 43.7 Å². The van der Waals surface area contributed by atoms with Gasteiger partial charge in [-0.2, -0.15) is 4.68 Å². The highest BCUT2D eigenvalue weighted by Crippen LogP contribution is 2.30. The van der Waals surface area contributed by atoms with Gasteiger partial charge >= 0.3 is 5.97 Å². The van der Waals surface area contributed by atoms with Gasteiger partial charge in [-0.25, -0.2) is 4.79 Å². The highest BCUT2D eigenvalue weighted by atomic mass is 16.4. The van der Waals surface area contributed by atoms with Crippen LogP contribution in [0.1, 0.15) is 47.1 Å². The lowest BCUT2D eigenvalue weighted by Gasteiger charge is -2.15. The zero-order valence-electron chi connectivity index (χ0n) is 14.7. The maximum absolute atomic E-state index is 11.6. The first kappa shape index (κ1) is 16.8. The molecular weight excluding hydrogens is 316 g/mol. The number of tetrazole rings is 1. The summed E-state index contributed by atoms with van der Waals surface area (Å²) in [6.07, 6.45) is 0. The normalized spacial score (nSPS) is 11.1. The summed E-state index contributed by atoms with van der Waals surface area (Å²) >= 11 is 0. The summed E-state index contributed by atoms with van der Waals surface area (Å²) in [6, 6.07) is 11.3. The maximum atomic E-state index is 11.6. The van der Waals surface area contributed by atoms with E-state index in [4.69, 9.17) is 0 Å². The van der Waals surface area contributed by atoms with Gasteiger partial charge < -0.3 is 5.11 Å². The van der Waals surface area contributed by atoms with Crippen LogP contribution in [0.5, 0.6) is 0 Å². The average molecular weight is 336 g/mol. The van der Waals surface area contributed by atoms with Gasteiger partial charge in [-0.05, 0) is 53.1 Å². The van der Waals surface area contributed by atoms with Crippen LogP contribution in [-0.4, -0.2) is 31.3 Å². The molecule has 128 valence electrons. The molecule has 0 bridgehead atoms. The van der Waals surface area contributed by atoms with Crippen molar-refractivity contribution in [3.63, 3.8) is 0 Å². The lowest BCUT2D eigenvalue weighted by atomic mass is 9.95. The molecule has 0 amide bonds. The number of aromatic nitrogens is 4. The van der Waals surface area contributed by atoms with E-state index in [0.717, 1.165) is 22.3 Å². The van der Waals surface area contributed by atoms with Crippen LogP contribution in [0.3, 0.4) is 0 Å². The lowest BCUT2D eigenvalue weighted by Crippen LogP contribution is -2.09. The summed E-state index contributed by atoms with van der Waals surface area (Å²) in [5.74, 6) is -0.167. The Balaban J connectivity index is 2.27. The first-order valence-electron chi connectivity index (χ1n) is 8.12. The van der Waals surface area contributed by atoms with E-state index in [9.17, 15) is 9.90 Å². The van der Waals surface area contributed by atoms with Crippen LogP contribution in [0, 0.1) is 13.8 Å². The molecule has 0 fully saturated rings. The Morgan fingerprint density at radius 3 is 2.40 bits per heavy atom. The fourth-order valence-electron chi connectivity index (χ4n) is 2.80. The molecule has 1 heterocycles. The maximum Gasteiger partial charge on any atom is 0.335 e. The summed E-state index contributed by atoms with van der Waals surface area (Å²) in [6.45, 7) is 7.98. The predicted molar refractivity (Wildman–Crippen MR) is 95.1 cm³/mol. The fraction of sp³-hybridized carbons (Fsp3) is 0.263. The second-order valence-electron chi connectivity index (χ2n) is 6.44. The van der Waals surface area contributed by atoms with E-state index in [-0.39, 0.29) is 11.5 Å². The molecule has 2 aromatic carbocycles. The molecule has 0 atom stereocenters. The molecule has 25 heavy (non-hydrogen) atoms. The van der Waals surface area contributed by atoms with Gasteiger partial charge in [0.1, 0.15) is 0 Å². The number of carboxylic acids is 1. The zero-order chi connectivity index (χ0) is 18.1. The number of hydrogen-bond acceptors (Lipinski definition) is 4. The monoisotopic (exact) mass is 336 g/mol. The molecule has 6 heteroatoms. The van der Waals surface area contributed by atoms with Crippen LogP contribution in [-0.2, 0) is 0 Å². The Bertz CT molecular complexity index is 927. The number of carboxylic acid groups (broad SMARTS) is 1. The second-order valence-corrected chi connectivity index (χ2v) is 6.44. The zero-order valence-corrected chi connectivity index (χ0v) is 14.7. The van der Waals surface area contributed by atoms with Crippen molar-refractivity contribution in [1.82, 2.24) is 20.2 Å². The lowest BCUT2D eigenvalue weighted by molar-refractivity contribution is 0.0697. The summed E-state index contributed by atoms with van der Waals surface area (Å²) in [5, 5.41) is 21.5. The Labute approximate surface area is 146 Å². The van der Waals surface area contributed by atoms with Crippen molar-refractivity contribution >= 4 is 5.97 Å². The third kappa shape index (κ3) is 3.15. The minimum absolute atomic E-state index is 0.116. The number of rotatable bonds is 4. The van der Waals surface area contributed by atoms with Crippen LogP contribution < -0.4 is 0 Å². The van der Waals surface area contributed by atoms with E-state index < -0.39 is 5.97 Å². The minimum Gasteiger partial charge on any atom is -0.478 e. The molecule has 0 saturated carbocycles. The van der Waals surface area contributed by atoms with E-state index in [0.29, 0.717) is 11.5 Å². The van der Waals surface area contributed by atoms with E-state index in [2.05, 4.69) is 15.5 Å². The Kier molecular flexibility index (Phi) is 4.35. The van der Waals surface area contributed by atoms with Gasteiger partial charge in [-0.15, -0.1) is 5.10 Å². The molecule has 0 spiro atoms. The molecule has 3 aromatic rings. The highest BCUT2D eigenvalue weighted by Gasteiger charge is 2.19. The van der Waals surface area contributed by atoms with Gasteiger partial charge in [-0.3, -0.25) is 0 Å². The summed E-state index contributed by atoms with van der Waals surface area (Å²) < 4.78 is 1.63. The molecular formula is C19H20N4O2. The number of carbonyl (C=O) groups is 1. The first-order chi connectivity index (χ1) is 11.9. The van der Waals surface area contributed by atoms with Crippen molar-refractivity contribution in [2.24, 2.45) is 0 Å². The second kappa shape index (κ2) is 6.47. The van der Waals surface area contributed by atoms with E-state index in [1.165, 1.54) is 0 Å². The van der Waals surface area contributed by atoms with Crippen molar-refractivity contribution in [1.29, 1.82) is 0 Å². The number of aryl methyl sites for hydroxylation is 1. The third-order valence-corrected chi connectivity index (χ3v) is 4.23. The first-order valence-corrected chi connectivity index (χ1v) is 8.12. The molecule has 3 rings (SSSR count). The SMILES string of the molecule is Cc1ccc(-c2cc(C(=O)O)cc(-n3nnnc3C(C)C)c2C)cc1. The van der Waals surface area contributed by atoms with Gasteiger partial charge in [0.05, 0.1) is 11.3 Å². The van der Waals surface area contributed by atoms with Gasteiger partial charge in [0.15, 0.2) is 5.82 Å². The van der Waals surface area contributed by atoms with Crippen LogP contribution in [0.25, 0.3) is 16.8 Å². The largest absolute Gasteiger partial charge is 0.478 e. The summed E-state index contributed by atoms with van der Waals surface area (Å²) in [7, 11) is 0. The molecule has 0 aliphatic rings. The van der Waals surface area contributed by atoms with Crippen molar-refractivity contribution in [2.45, 2.75) is 33.6 Å². The van der Waals surface area contributed by atoms with Gasteiger partial charge in [0, 0.05) is 5.92 Å². The Morgan fingerprint density at radius 1 is 1.12 bits per heavy atom. The van der Waals surface area contributed by atoms with Gasteiger partial charge in [0.2, 0.25) is 0 Å². The van der Waals surface area contributed by atoms with Crippen molar-refractivity contribution in [2.75, 3.05) is 0 Å². The van der Waals surface area contributed by atoms with Crippen molar-refractivity contribution in [3.8, 4) is 16.8 Å². The summed E-state index contributed by atoms with van der Waals surface area (Å²) in [5.41, 5.74) is 4.80. The topological polar surface area (TPSA) is 80.9 Å². The van der Waals surface area contributed by atoms with Gasteiger partial charge in [0.25, 0.3) is 0 Å². The molecule has 6 nitrogen and oxygen atoms in total. The molecule has 0 saturated heterocycles. The highest BCUT2D eigenvalue weighted by molar-refractivity contribution is 5.91. The minimum atomic E-state index is -0.978. The number of nitrogens with zero attached hydrogens (tertiary/aromatic N) is 4. The van der Waals surface area contributed by atoms with Crippen LogP contribution in [0.4, 0.5) is 0 Å². The number of hydrogen-bond donors (Lipinski definition) is 1. The fourth-order valence-corrected chi connectivity index (χ4v) is 2.80. The average Bonchev–Trinajstić information content (AvgIpc) is 3.05. The van der Waals surface area contributed by atoms with E-state index >= 15 is 0 Å². The van der Waals surface area contributed by atoms with E-state index in [1.807, 2.05) is 52.0 Å². The molecule has 0 aliphatic heterocycles. The number of aromatic carboxylic acids is 1. The Morgan fingerprint density at radius 2 is 1.80 bits per heavy atom. The quantitative estimate of drug-likeness (QED) is 0.784. The van der Waals surface area contributed by atoms with E-state index in [1.54, 1.807) is 16.8 Å². The van der Waals surface area contributed by atoms with Crippen LogP contribution in [0.15, 0.2) is 36.4 Å².